The molecule has 1 aromatic carbocycles. The molecule has 8 heteroatoms. The molecule has 0 unspecified atom stereocenters. The number of benzene rings is 1. The number of carbonyl (C=O) groups is 1. The summed E-state index contributed by atoms with van der Waals surface area (Å²) in [6, 6.07) is 4.57. The second-order valence-electron chi connectivity index (χ2n) is 5.46. The minimum atomic E-state index is -0.409. The molecule has 2 aliphatic heterocycles. The number of nitro benzene ring substituents is 1. The predicted molar refractivity (Wildman–Crippen MR) is 82.9 cm³/mol. The first kappa shape index (κ1) is 15.7. The maximum absolute atomic E-state index is 12.6. The normalized spacial score (nSPS) is 18.8. The first-order chi connectivity index (χ1) is 11.2. The van der Waals surface area contributed by atoms with E-state index in [0.717, 1.165) is 0 Å². The number of rotatable bonds is 3. The molecule has 124 valence electrons. The van der Waals surface area contributed by atoms with Gasteiger partial charge in [-0.05, 0) is 12.1 Å². The van der Waals surface area contributed by atoms with Gasteiger partial charge in [0.15, 0.2) is 0 Å². The van der Waals surface area contributed by atoms with Crippen molar-refractivity contribution in [3.05, 3.63) is 33.9 Å². The number of morpholine rings is 2. The summed E-state index contributed by atoms with van der Waals surface area (Å²) in [4.78, 5) is 27.1. The molecule has 2 fully saturated rings. The Kier molecular flexibility index (Phi) is 4.73. The van der Waals surface area contributed by atoms with Crippen molar-refractivity contribution < 1.29 is 19.2 Å². The Morgan fingerprint density at radius 1 is 1.04 bits per heavy atom. The largest absolute Gasteiger partial charge is 0.378 e. The summed E-state index contributed by atoms with van der Waals surface area (Å²) in [5.74, 6) is -0.113. The second-order valence-corrected chi connectivity index (χ2v) is 5.46. The van der Waals surface area contributed by atoms with Crippen molar-refractivity contribution in [1.82, 2.24) is 4.90 Å². The van der Waals surface area contributed by atoms with Crippen LogP contribution in [0.5, 0.6) is 0 Å². The van der Waals surface area contributed by atoms with Crippen molar-refractivity contribution in [2.75, 3.05) is 57.5 Å². The predicted octanol–water partition coefficient (Wildman–Crippen LogP) is 0.904. The Morgan fingerprint density at radius 3 is 2.26 bits per heavy atom. The minimum absolute atomic E-state index is 0.0189. The zero-order valence-corrected chi connectivity index (χ0v) is 12.8. The van der Waals surface area contributed by atoms with Gasteiger partial charge in [0.1, 0.15) is 5.69 Å². The van der Waals surface area contributed by atoms with Crippen LogP contribution in [-0.2, 0) is 9.47 Å². The molecule has 0 bridgehead atoms. The minimum Gasteiger partial charge on any atom is -0.378 e. The summed E-state index contributed by atoms with van der Waals surface area (Å²) in [7, 11) is 0. The highest BCUT2D eigenvalue weighted by Crippen LogP contribution is 2.30. The molecule has 23 heavy (non-hydrogen) atoms. The maximum atomic E-state index is 12.6. The van der Waals surface area contributed by atoms with Gasteiger partial charge in [0.05, 0.1) is 31.4 Å². The number of nitro groups is 1. The lowest BCUT2D eigenvalue weighted by Crippen LogP contribution is -2.41. The Hall–Kier alpha value is -2.19. The van der Waals surface area contributed by atoms with Gasteiger partial charge in [-0.15, -0.1) is 0 Å². The van der Waals surface area contributed by atoms with E-state index in [9.17, 15) is 14.9 Å². The fourth-order valence-corrected chi connectivity index (χ4v) is 2.82. The number of hydrogen-bond acceptors (Lipinski definition) is 6. The number of nitrogens with zero attached hydrogens (tertiary/aromatic N) is 3. The van der Waals surface area contributed by atoms with Crippen molar-refractivity contribution in [3.63, 3.8) is 0 Å². The summed E-state index contributed by atoms with van der Waals surface area (Å²) in [5, 5.41) is 11.3. The SMILES string of the molecule is O=C(c1ccc([N+](=O)[O-])c(N2CCOCC2)c1)N1CCOCC1. The highest BCUT2D eigenvalue weighted by atomic mass is 16.6. The molecule has 0 saturated carbocycles. The van der Waals surface area contributed by atoms with Crippen LogP contribution >= 0.6 is 0 Å². The van der Waals surface area contributed by atoms with Gasteiger partial charge in [0, 0.05) is 37.8 Å². The summed E-state index contributed by atoms with van der Waals surface area (Å²) in [5.41, 5.74) is 0.974. The lowest BCUT2D eigenvalue weighted by molar-refractivity contribution is -0.384. The highest BCUT2D eigenvalue weighted by Gasteiger charge is 2.25. The quantitative estimate of drug-likeness (QED) is 0.607. The van der Waals surface area contributed by atoms with E-state index in [1.165, 1.54) is 12.1 Å². The van der Waals surface area contributed by atoms with Crippen LogP contribution in [0.25, 0.3) is 0 Å². The lowest BCUT2D eigenvalue weighted by Gasteiger charge is -2.30. The molecule has 1 aromatic rings. The molecule has 0 aromatic heterocycles. The monoisotopic (exact) mass is 321 g/mol. The Balaban J connectivity index is 1.89. The summed E-state index contributed by atoms with van der Waals surface area (Å²) in [6.45, 7) is 4.35. The van der Waals surface area contributed by atoms with Crippen LogP contribution in [0.1, 0.15) is 10.4 Å². The number of carbonyl (C=O) groups excluding carboxylic acids is 1. The Labute approximate surface area is 133 Å². The second kappa shape index (κ2) is 6.93. The number of hydrogen-bond donors (Lipinski definition) is 0. The van der Waals surface area contributed by atoms with Gasteiger partial charge in [-0.2, -0.15) is 0 Å². The molecule has 0 N–H and O–H groups in total. The van der Waals surface area contributed by atoms with Gasteiger partial charge >= 0.3 is 0 Å². The van der Waals surface area contributed by atoms with E-state index >= 15 is 0 Å². The van der Waals surface area contributed by atoms with E-state index in [1.807, 2.05) is 4.90 Å². The van der Waals surface area contributed by atoms with Crippen LogP contribution in [0.2, 0.25) is 0 Å². The molecular weight excluding hydrogens is 302 g/mol. The first-order valence-electron chi connectivity index (χ1n) is 7.65. The number of anilines is 1. The van der Waals surface area contributed by atoms with E-state index in [0.29, 0.717) is 63.9 Å². The van der Waals surface area contributed by atoms with E-state index in [2.05, 4.69) is 0 Å². The van der Waals surface area contributed by atoms with E-state index in [-0.39, 0.29) is 11.6 Å². The van der Waals surface area contributed by atoms with Gasteiger partial charge in [-0.25, -0.2) is 0 Å². The Morgan fingerprint density at radius 2 is 1.65 bits per heavy atom. The molecule has 2 heterocycles. The molecular formula is C15H19N3O5. The smallest absolute Gasteiger partial charge is 0.292 e. The fraction of sp³-hybridized carbons (Fsp3) is 0.533. The fourth-order valence-electron chi connectivity index (χ4n) is 2.82. The van der Waals surface area contributed by atoms with Crippen LogP contribution in [0.15, 0.2) is 18.2 Å². The van der Waals surface area contributed by atoms with Gasteiger partial charge < -0.3 is 19.3 Å². The molecule has 0 radical (unpaired) electrons. The molecule has 8 nitrogen and oxygen atoms in total. The molecule has 2 saturated heterocycles. The summed E-state index contributed by atoms with van der Waals surface area (Å²) < 4.78 is 10.5. The van der Waals surface area contributed by atoms with Crippen molar-refractivity contribution in [2.45, 2.75) is 0 Å². The third kappa shape index (κ3) is 3.43. The molecule has 0 aliphatic carbocycles. The highest BCUT2D eigenvalue weighted by molar-refractivity contribution is 5.96. The van der Waals surface area contributed by atoms with Crippen LogP contribution in [0, 0.1) is 10.1 Å². The zero-order valence-electron chi connectivity index (χ0n) is 12.8. The number of amides is 1. The first-order valence-corrected chi connectivity index (χ1v) is 7.65. The van der Waals surface area contributed by atoms with Crippen molar-refractivity contribution in [1.29, 1.82) is 0 Å². The van der Waals surface area contributed by atoms with E-state index < -0.39 is 4.92 Å². The molecule has 0 spiro atoms. The third-order valence-electron chi connectivity index (χ3n) is 4.07. The van der Waals surface area contributed by atoms with E-state index in [4.69, 9.17) is 9.47 Å². The molecule has 2 aliphatic rings. The van der Waals surface area contributed by atoms with Gasteiger partial charge in [-0.1, -0.05) is 0 Å². The van der Waals surface area contributed by atoms with Crippen molar-refractivity contribution >= 4 is 17.3 Å². The van der Waals surface area contributed by atoms with Crippen molar-refractivity contribution in [3.8, 4) is 0 Å². The summed E-state index contributed by atoms with van der Waals surface area (Å²) >= 11 is 0. The van der Waals surface area contributed by atoms with Crippen LogP contribution in [-0.4, -0.2) is 68.3 Å². The maximum Gasteiger partial charge on any atom is 0.292 e. The number of ether oxygens (including phenoxy) is 2. The average Bonchev–Trinajstić information content (AvgIpc) is 2.62. The van der Waals surface area contributed by atoms with Crippen molar-refractivity contribution in [2.24, 2.45) is 0 Å². The van der Waals surface area contributed by atoms with Gasteiger partial charge in [0.2, 0.25) is 0 Å². The standard InChI is InChI=1S/C15H19N3O5/c19-15(17-5-9-23-10-6-17)12-1-2-13(18(20)21)14(11-12)16-3-7-22-8-4-16/h1-2,11H,3-10H2. The Bertz CT molecular complexity index is 595. The van der Waals surface area contributed by atoms with Gasteiger partial charge in [-0.3, -0.25) is 14.9 Å². The molecule has 1 amide bonds. The van der Waals surface area contributed by atoms with Crippen LogP contribution in [0.3, 0.4) is 0 Å². The average molecular weight is 321 g/mol. The third-order valence-corrected chi connectivity index (χ3v) is 4.07. The molecule has 0 atom stereocenters. The van der Waals surface area contributed by atoms with Crippen LogP contribution in [0.4, 0.5) is 11.4 Å². The zero-order chi connectivity index (χ0) is 16.2. The van der Waals surface area contributed by atoms with E-state index in [1.54, 1.807) is 11.0 Å². The molecule has 3 rings (SSSR count). The summed E-state index contributed by atoms with van der Waals surface area (Å²) in [6.07, 6.45) is 0. The lowest BCUT2D eigenvalue weighted by atomic mass is 10.1. The topological polar surface area (TPSA) is 85.1 Å². The van der Waals surface area contributed by atoms with Crippen LogP contribution < -0.4 is 4.90 Å². The van der Waals surface area contributed by atoms with Gasteiger partial charge in [0.25, 0.3) is 11.6 Å².